The highest BCUT2D eigenvalue weighted by Crippen LogP contribution is 2.35. The van der Waals surface area contributed by atoms with Gasteiger partial charge in [-0.3, -0.25) is 4.72 Å². The van der Waals surface area contributed by atoms with E-state index < -0.39 is 5.97 Å². The predicted molar refractivity (Wildman–Crippen MR) is 147 cm³/mol. The highest BCUT2D eigenvalue weighted by Gasteiger charge is 2.21. The van der Waals surface area contributed by atoms with Crippen LogP contribution in [0.15, 0.2) is 47.4 Å². The molecule has 8 heteroatoms. The molecule has 2 aromatic carbocycles. The molecule has 1 unspecified atom stereocenters. The number of carbonyl (C=O) groups is 1. The lowest BCUT2D eigenvalue weighted by Crippen LogP contribution is -2.32. The van der Waals surface area contributed by atoms with Crippen LogP contribution in [0.4, 0.5) is 5.95 Å². The molecule has 0 aliphatic heterocycles. The van der Waals surface area contributed by atoms with Crippen molar-refractivity contribution < 1.29 is 14.6 Å². The number of anilines is 1. The van der Waals surface area contributed by atoms with E-state index in [1.165, 1.54) is 11.9 Å². The van der Waals surface area contributed by atoms with Crippen LogP contribution in [0.25, 0.3) is 11.3 Å². The Labute approximate surface area is 218 Å². The summed E-state index contributed by atoms with van der Waals surface area (Å²) < 4.78 is 9.40. The van der Waals surface area contributed by atoms with Gasteiger partial charge in [0.1, 0.15) is 6.61 Å². The molecule has 0 saturated heterocycles. The number of nitrogens with two attached hydrogens (primary N) is 1. The maximum atomic E-state index is 11.3. The Morgan fingerprint density at radius 3 is 2.42 bits per heavy atom. The van der Waals surface area contributed by atoms with E-state index in [9.17, 15) is 9.90 Å². The summed E-state index contributed by atoms with van der Waals surface area (Å²) in [6, 6.07) is 12.8. The number of aromatic carboxylic acids is 1. The molecule has 0 radical (unpaired) electrons. The van der Waals surface area contributed by atoms with Crippen LogP contribution < -0.4 is 15.2 Å². The van der Waals surface area contributed by atoms with Gasteiger partial charge in [-0.2, -0.15) is 4.98 Å². The van der Waals surface area contributed by atoms with Gasteiger partial charge in [-0.1, -0.05) is 52.0 Å². The van der Waals surface area contributed by atoms with Gasteiger partial charge in [0.25, 0.3) is 0 Å². The fourth-order valence-electron chi connectivity index (χ4n) is 4.17. The van der Waals surface area contributed by atoms with E-state index in [1.54, 1.807) is 18.2 Å². The van der Waals surface area contributed by atoms with E-state index in [4.69, 9.17) is 20.4 Å². The number of ether oxygens (including phenoxy) is 1. The first-order chi connectivity index (χ1) is 17.0. The number of carboxylic acids is 1. The lowest BCUT2D eigenvalue weighted by molar-refractivity contribution is 0.0696. The zero-order chi connectivity index (χ0) is 26.5. The van der Waals surface area contributed by atoms with Gasteiger partial charge in [-0.05, 0) is 73.4 Å². The predicted octanol–water partition coefficient (Wildman–Crippen LogP) is 6.28. The Kier molecular flexibility index (Phi) is 8.98. The number of nitrogens with one attached hydrogen (secondary N) is 1. The average molecular weight is 509 g/mol. The highest BCUT2D eigenvalue weighted by molar-refractivity contribution is 8.00. The fourth-order valence-corrected chi connectivity index (χ4v) is 4.80. The van der Waals surface area contributed by atoms with Crippen molar-refractivity contribution in [3.8, 4) is 17.1 Å². The number of nitrogens with zero attached hydrogens (tertiary/aromatic N) is 2. The standard InChI is InChI=1S/C28H36N4O3S/c1-7-22-24(23-17(2)10-8-11-18(23)3)30-27(31-25(22)35-16-20(29)15-28(4,5)6)32-36-21-13-9-12-19(14-21)26(33)34/h8-14,20H,7,15-16,29H2,1-6H3,(H,33,34)(H,30,31,32). The van der Waals surface area contributed by atoms with Gasteiger partial charge in [0.15, 0.2) is 0 Å². The second kappa shape index (κ2) is 11.8. The van der Waals surface area contributed by atoms with Gasteiger partial charge < -0.3 is 15.6 Å². The van der Waals surface area contributed by atoms with Gasteiger partial charge in [0.2, 0.25) is 11.8 Å². The van der Waals surface area contributed by atoms with Crippen molar-refractivity contribution in [2.24, 2.45) is 11.1 Å². The van der Waals surface area contributed by atoms with Crippen LogP contribution in [0.1, 0.15) is 61.2 Å². The van der Waals surface area contributed by atoms with Gasteiger partial charge in [0.05, 0.1) is 11.3 Å². The first-order valence-electron chi connectivity index (χ1n) is 12.1. The summed E-state index contributed by atoms with van der Waals surface area (Å²) in [5.74, 6) is -0.0764. The number of benzene rings is 2. The summed E-state index contributed by atoms with van der Waals surface area (Å²) in [7, 11) is 0. The molecule has 7 nitrogen and oxygen atoms in total. The van der Waals surface area contributed by atoms with Crippen LogP contribution in [-0.4, -0.2) is 33.7 Å². The Hall–Kier alpha value is -3.10. The molecule has 0 aliphatic rings. The third kappa shape index (κ3) is 7.21. The van der Waals surface area contributed by atoms with Crippen molar-refractivity contribution in [3.05, 3.63) is 64.7 Å². The van der Waals surface area contributed by atoms with E-state index in [2.05, 4.69) is 58.4 Å². The highest BCUT2D eigenvalue weighted by atomic mass is 32.2. The second-order valence-corrected chi connectivity index (χ2v) is 11.1. The van der Waals surface area contributed by atoms with E-state index in [-0.39, 0.29) is 17.0 Å². The van der Waals surface area contributed by atoms with E-state index in [0.717, 1.165) is 39.3 Å². The SMILES string of the molecule is CCc1c(OCC(N)CC(C)(C)C)nc(NSc2cccc(C(=O)O)c2)nc1-c1c(C)cccc1C. The number of hydrogen-bond acceptors (Lipinski definition) is 7. The third-order valence-electron chi connectivity index (χ3n) is 5.69. The monoisotopic (exact) mass is 508 g/mol. The molecule has 0 fully saturated rings. The van der Waals surface area contributed by atoms with Gasteiger partial charge >= 0.3 is 5.97 Å². The van der Waals surface area contributed by atoms with E-state index in [1.807, 2.05) is 12.1 Å². The molecule has 3 rings (SSSR count). The number of carboxylic acid groups (broad SMARTS) is 1. The molecule has 0 amide bonds. The van der Waals surface area contributed by atoms with Crippen molar-refractivity contribution in [2.75, 3.05) is 11.3 Å². The van der Waals surface area contributed by atoms with Crippen LogP contribution in [0.5, 0.6) is 5.88 Å². The third-order valence-corrected chi connectivity index (χ3v) is 6.46. The van der Waals surface area contributed by atoms with Crippen LogP contribution in [0, 0.1) is 19.3 Å². The van der Waals surface area contributed by atoms with Crippen molar-refractivity contribution in [1.29, 1.82) is 0 Å². The smallest absolute Gasteiger partial charge is 0.335 e. The molecule has 1 aromatic heterocycles. The lowest BCUT2D eigenvalue weighted by atomic mass is 9.89. The molecular weight excluding hydrogens is 472 g/mol. The minimum absolute atomic E-state index is 0.0965. The molecule has 36 heavy (non-hydrogen) atoms. The average Bonchev–Trinajstić information content (AvgIpc) is 2.80. The quantitative estimate of drug-likeness (QED) is 0.274. The Bertz CT molecular complexity index is 1200. The van der Waals surface area contributed by atoms with Crippen LogP contribution in [0.2, 0.25) is 0 Å². The van der Waals surface area contributed by atoms with Crippen molar-refractivity contribution in [2.45, 2.75) is 65.3 Å². The molecule has 192 valence electrons. The van der Waals surface area contributed by atoms with Crippen molar-refractivity contribution in [1.82, 2.24) is 9.97 Å². The van der Waals surface area contributed by atoms with Crippen LogP contribution in [0.3, 0.4) is 0 Å². The summed E-state index contributed by atoms with van der Waals surface area (Å²) >= 11 is 1.25. The van der Waals surface area contributed by atoms with Gasteiger partial charge in [-0.25, -0.2) is 9.78 Å². The van der Waals surface area contributed by atoms with Gasteiger partial charge in [-0.15, -0.1) is 0 Å². The zero-order valence-electron chi connectivity index (χ0n) is 21.9. The molecule has 0 saturated carbocycles. The summed E-state index contributed by atoms with van der Waals surface area (Å²) in [6.45, 7) is 13.0. The van der Waals surface area contributed by atoms with Crippen molar-refractivity contribution in [3.63, 3.8) is 0 Å². The van der Waals surface area contributed by atoms with E-state index in [0.29, 0.717) is 24.9 Å². The van der Waals surface area contributed by atoms with E-state index >= 15 is 0 Å². The summed E-state index contributed by atoms with van der Waals surface area (Å²) in [5.41, 5.74) is 11.7. The molecule has 1 atom stereocenters. The molecule has 4 N–H and O–H groups in total. The molecule has 0 bridgehead atoms. The maximum Gasteiger partial charge on any atom is 0.335 e. The maximum absolute atomic E-state index is 11.3. The molecule has 3 aromatic rings. The lowest BCUT2D eigenvalue weighted by Gasteiger charge is -2.24. The normalized spacial score (nSPS) is 12.3. The molecule has 0 spiro atoms. The molecular formula is C28H36N4O3S. The summed E-state index contributed by atoms with van der Waals surface area (Å²) in [6.07, 6.45) is 1.52. The Morgan fingerprint density at radius 1 is 1.14 bits per heavy atom. The number of hydrogen-bond donors (Lipinski definition) is 3. The molecule has 1 heterocycles. The number of rotatable bonds is 10. The minimum Gasteiger partial charge on any atom is -0.478 e. The number of aryl methyl sites for hydroxylation is 2. The minimum atomic E-state index is -0.972. The van der Waals surface area contributed by atoms with Crippen molar-refractivity contribution >= 4 is 23.9 Å². The zero-order valence-corrected chi connectivity index (χ0v) is 22.7. The fraction of sp³-hybridized carbons (Fsp3) is 0.393. The summed E-state index contributed by atoms with van der Waals surface area (Å²) in [5, 5.41) is 9.30. The number of aromatic nitrogens is 2. The summed E-state index contributed by atoms with van der Waals surface area (Å²) in [4.78, 5) is 21.7. The largest absolute Gasteiger partial charge is 0.478 e. The van der Waals surface area contributed by atoms with Gasteiger partial charge in [0, 0.05) is 22.1 Å². The van der Waals surface area contributed by atoms with Crippen LogP contribution in [-0.2, 0) is 6.42 Å². The first-order valence-corrected chi connectivity index (χ1v) is 12.9. The second-order valence-electron chi connectivity index (χ2n) is 10.2. The van der Waals surface area contributed by atoms with Crippen LogP contribution >= 0.6 is 11.9 Å². The topological polar surface area (TPSA) is 110 Å². The Balaban J connectivity index is 1.99. The Morgan fingerprint density at radius 2 is 1.81 bits per heavy atom. The molecule has 0 aliphatic carbocycles. The first kappa shape index (κ1) is 27.5.